The Balaban J connectivity index is 1.59. The van der Waals surface area contributed by atoms with E-state index in [1.54, 1.807) is 12.1 Å². The maximum atomic E-state index is 11.3. The van der Waals surface area contributed by atoms with Crippen LogP contribution in [0.2, 0.25) is 0 Å². The second kappa shape index (κ2) is 5.77. The molecule has 0 aromatic heterocycles. The minimum absolute atomic E-state index is 0.0991. The summed E-state index contributed by atoms with van der Waals surface area (Å²) in [4.78, 5) is 11.3. The molecule has 132 valence electrons. The molecule has 0 saturated heterocycles. The predicted octanol–water partition coefficient (Wildman–Crippen LogP) is 4.70. The first-order valence-electron chi connectivity index (χ1n) is 8.51. The molecule has 2 aliphatic heterocycles. The third-order valence-corrected chi connectivity index (χ3v) is 6.12. The minimum Gasteiger partial charge on any atom is -0.478 e. The molecule has 5 rings (SSSR count). The molecule has 0 spiro atoms. The molecule has 0 fully saturated rings. The summed E-state index contributed by atoms with van der Waals surface area (Å²) in [5.74, 6) is 1.15. The third kappa shape index (κ3) is 2.32. The van der Waals surface area contributed by atoms with Crippen molar-refractivity contribution in [2.75, 3.05) is 12.1 Å². The van der Waals surface area contributed by atoms with E-state index in [9.17, 15) is 9.90 Å². The van der Waals surface area contributed by atoms with Gasteiger partial charge in [0.15, 0.2) is 11.5 Å². The minimum atomic E-state index is -0.896. The number of fused-ring (bicyclic) bond motifs is 4. The van der Waals surface area contributed by atoms with Gasteiger partial charge in [-0.05, 0) is 53.8 Å². The molecule has 0 unspecified atom stereocenters. The maximum absolute atomic E-state index is 11.3. The summed E-state index contributed by atoms with van der Waals surface area (Å²) < 4.78 is 12.0. The lowest BCUT2D eigenvalue weighted by atomic mass is 9.76. The lowest BCUT2D eigenvalue weighted by Crippen LogP contribution is -2.29. The van der Waals surface area contributed by atoms with Gasteiger partial charge in [-0.25, -0.2) is 4.79 Å². The maximum Gasteiger partial charge on any atom is 0.335 e. The molecular weight excluding hydrogens is 398 g/mol. The SMILES string of the molecule is O=C(O)c1ccc2c(c1)[C@@H]1C=CC[C@H]1[C@H](c1cc3c(cc1Br)OCO3)N2. The normalized spacial score (nSPS) is 24.7. The Labute approximate surface area is 158 Å². The summed E-state index contributed by atoms with van der Waals surface area (Å²) in [6.07, 6.45) is 5.33. The zero-order chi connectivity index (χ0) is 17.8. The lowest BCUT2D eigenvalue weighted by Gasteiger charge is -2.38. The van der Waals surface area contributed by atoms with Gasteiger partial charge in [-0.2, -0.15) is 0 Å². The fourth-order valence-electron chi connectivity index (χ4n) is 4.21. The van der Waals surface area contributed by atoms with Crippen molar-refractivity contribution in [3.63, 3.8) is 0 Å². The number of aromatic carboxylic acids is 1. The molecule has 0 amide bonds. The summed E-state index contributed by atoms with van der Waals surface area (Å²) in [6, 6.07) is 9.41. The van der Waals surface area contributed by atoms with Crippen LogP contribution in [0.3, 0.4) is 0 Å². The van der Waals surface area contributed by atoms with Crippen LogP contribution in [0.25, 0.3) is 0 Å². The number of nitrogens with one attached hydrogen (secondary N) is 1. The monoisotopic (exact) mass is 413 g/mol. The first-order chi connectivity index (χ1) is 12.6. The molecule has 26 heavy (non-hydrogen) atoms. The first kappa shape index (κ1) is 15.8. The first-order valence-corrected chi connectivity index (χ1v) is 9.30. The Hall–Kier alpha value is -2.47. The Morgan fingerprint density at radius 1 is 1.15 bits per heavy atom. The number of anilines is 1. The van der Waals surface area contributed by atoms with E-state index < -0.39 is 5.97 Å². The molecule has 2 heterocycles. The Morgan fingerprint density at radius 2 is 1.96 bits per heavy atom. The van der Waals surface area contributed by atoms with Gasteiger partial charge in [0.2, 0.25) is 6.79 Å². The van der Waals surface area contributed by atoms with Crippen LogP contribution in [0, 0.1) is 5.92 Å². The second-order valence-electron chi connectivity index (χ2n) is 6.81. The van der Waals surface area contributed by atoms with Gasteiger partial charge in [-0.15, -0.1) is 0 Å². The number of carboxylic acids is 1. The molecule has 2 N–H and O–H groups in total. The number of halogens is 1. The van der Waals surface area contributed by atoms with Crippen LogP contribution in [0.4, 0.5) is 5.69 Å². The molecule has 1 aliphatic carbocycles. The van der Waals surface area contributed by atoms with Gasteiger partial charge in [-0.3, -0.25) is 0 Å². The van der Waals surface area contributed by atoms with Crippen LogP contribution < -0.4 is 14.8 Å². The predicted molar refractivity (Wildman–Crippen MR) is 100 cm³/mol. The van der Waals surface area contributed by atoms with Crippen molar-refractivity contribution in [3.8, 4) is 11.5 Å². The number of carbonyl (C=O) groups is 1. The molecule has 5 nitrogen and oxygen atoms in total. The molecular formula is C20H16BrNO4. The Morgan fingerprint density at radius 3 is 2.77 bits per heavy atom. The molecule has 3 atom stereocenters. The summed E-state index contributed by atoms with van der Waals surface area (Å²) >= 11 is 3.68. The van der Waals surface area contributed by atoms with Crippen LogP contribution in [0.15, 0.2) is 47.0 Å². The quantitative estimate of drug-likeness (QED) is 0.698. The summed E-state index contributed by atoms with van der Waals surface area (Å²) in [7, 11) is 0. The van der Waals surface area contributed by atoms with Crippen molar-refractivity contribution >= 4 is 27.6 Å². The van der Waals surface area contributed by atoms with Crippen molar-refractivity contribution in [2.45, 2.75) is 18.4 Å². The van der Waals surface area contributed by atoms with E-state index in [1.165, 1.54) is 0 Å². The zero-order valence-corrected chi connectivity index (χ0v) is 15.3. The second-order valence-corrected chi connectivity index (χ2v) is 7.66. The summed E-state index contributed by atoms with van der Waals surface area (Å²) in [5, 5.41) is 12.9. The van der Waals surface area contributed by atoms with Gasteiger partial charge in [0.05, 0.1) is 11.6 Å². The summed E-state index contributed by atoms with van der Waals surface area (Å²) in [6.45, 7) is 0.248. The van der Waals surface area contributed by atoms with E-state index in [-0.39, 0.29) is 18.8 Å². The topological polar surface area (TPSA) is 67.8 Å². The third-order valence-electron chi connectivity index (χ3n) is 5.44. The molecule has 6 heteroatoms. The van der Waals surface area contributed by atoms with Crippen LogP contribution >= 0.6 is 15.9 Å². The van der Waals surface area contributed by atoms with Crippen molar-refractivity contribution in [3.05, 3.63) is 63.6 Å². The molecule has 0 saturated carbocycles. The molecule has 2 aromatic rings. The average Bonchev–Trinajstić information content (AvgIpc) is 3.29. The fourth-order valence-corrected chi connectivity index (χ4v) is 4.78. The fraction of sp³-hybridized carbons (Fsp3) is 0.250. The van der Waals surface area contributed by atoms with E-state index in [4.69, 9.17) is 9.47 Å². The van der Waals surface area contributed by atoms with Crippen molar-refractivity contribution in [1.82, 2.24) is 0 Å². The van der Waals surface area contributed by atoms with Crippen LogP contribution in [-0.2, 0) is 0 Å². The molecule has 0 radical (unpaired) electrons. The molecule has 3 aliphatic rings. The van der Waals surface area contributed by atoms with Crippen LogP contribution in [0.5, 0.6) is 11.5 Å². The standard InChI is InChI=1S/C20H16BrNO4/c21-15-8-18-17(25-9-26-18)7-14(15)19-12-3-1-2-11(12)13-6-10(20(23)24)4-5-16(13)22-19/h1-2,4-8,11-12,19,22H,3,9H2,(H,23,24)/t11-,12-,19-/m1/s1. The van der Waals surface area contributed by atoms with Crippen molar-refractivity contribution < 1.29 is 19.4 Å². The number of ether oxygens (including phenoxy) is 2. The smallest absolute Gasteiger partial charge is 0.335 e. The largest absolute Gasteiger partial charge is 0.478 e. The van der Waals surface area contributed by atoms with E-state index in [0.29, 0.717) is 11.5 Å². The molecule has 0 bridgehead atoms. The highest BCUT2D eigenvalue weighted by molar-refractivity contribution is 9.10. The number of hydrogen-bond donors (Lipinski definition) is 2. The number of benzene rings is 2. The average molecular weight is 414 g/mol. The van der Waals surface area contributed by atoms with Crippen molar-refractivity contribution in [1.29, 1.82) is 0 Å². The van der Waals surface area contributed by atoms with Gasteiger partial charge in [0.25, 0.3) is 0 Å². The van der Waals surface area contributed by atoms with Crippen LogP contribution in [-0.4, -0.2) is 17.9 Å². The van der Waals surface area contributed by atoms with Gasteiger partial charge in [-0.1, -0.05) is 28.1 Å². The van der Waals surface area contributed by atoms with E-state index in [1.807, 2.05) is 18.2 Å². The van der Waals surface area contributed by atoms with E-state index in [2.05, 4.69) is 33.4 Å². The lowest BCUT2D eigenvalue weighted by molar-refractivity contribution is 0.0696. The number of hydrogen-bond acceptors (Lipinski definition) is 4. The van der Waals surface area contributed by atoms with Crippen LogP contribution in [0.1, 0.15) is 39.9 Å². The number of allylic oxidation sites excluding steroid dienone is 2. The highest BCUT2D eigenvalue weighted by Gasteiger charge is 2.39. The van der Waals surface area contributed by atoms with Crippen molar-refractivity contribution in [2.24, 2.45) is 5.92 Å². The number of carboxylic acid groups (broad SMARTS) is 1. The highest BCUT2D eigenvalue weighted by atomic mass is 79.9. The van der Waals surface area contributed by atoms with Gasteiger partial charge in [0, 0.05) is 16.1 Å². The van der Waals surface area contributed by atoms with E-state index in [0.717, 1.165) is 39.2 Å². The van der Waals surface area contributed by atoms with Gasteiger partial charge in [0.1, 0.15) is 0 Å². The Bertz CT molecular complexity index is 955. The number of rotatable bonds is 2. The zero-order valence-electron chi connectivity index (χ0n) is 13.7. The highest BCUT2D eigenvalue weighted by Crippen LogP contribution is 2.52. The van der Waals surface area contributed by atoms with Gasteiger partial charge < -0.3 is 19.9 Å². The molecule has 2 aromatic carbocycles. The Kier molecular flexibility index (Phi) is 3.50. The van der Waals surface area contributed by atoms with Gasteiger partial charge >= 0.3 is 5.97 Å². The summed E-state index contributed by atoms with van der Waals surface area (Å²) in [5.41, 5.74) is 3.49. The van der Waals surface area contributed by atoms with E-state index >= 15 is 0 Å².